The van der Waals surface area contributed by atoms with E-state index in [9.17, 15) is 42.8 Å². The highest BCUT2D eigenvalue weighted by molar-refractivity contribution is 7.92. The number of nitrogen functional groups attached to an aromatic ring is 2. The first-order valence-electron chi connectivity index (χ1n) is 13.0. The van der Waals surface area contributed by atoms with Crippen molar-refractivity contribution in [3.8, 4) is 0 Å². The van der Waals surface area contributed by atoms with Crippen LogP contribution >= 0.6 is 24.6 Å². The molecule has 3 rings (SSSR count). The maximum atomic E-state index is 12.6. The molecule has 0 aliphatic carbocycles. The van der Waals surface area contributed by atoms with E-state index in [1.165, 1.54) is 0 Å². The number of nitrogens with two attached hydrogens (primary N) is 2. The number of hydrogen-bond donors (Lipinski definition) is 6. The molecule has 24 nitrogen and oxygen atoms in total. The Kier molecular flexibility index (Phi) is 15.3. The first-order valence-corrected chi connectivity index (χ1v) is 20.6. The predicted molar refractivity (Wildman–Crippen MR) is 177 cm³/mol. The Hall–Kier alpha value is -3.44. The normalized spacial score (nSPS) is 13.0. The molecular formula is C22H24N6O18S6. The first kappa shape index (κ1) is 43.0. The number of rotatable bonds is 20. The lowest BCUT2D eigenvalue weighted by atomic mass is 10.2. The number of anilines is 2. The van der Waals surface area contributed by atoms with Crippen LogP contribution in [0.2, 0.25) is 0 Å². The second-order valence-electron chi connectivity index (χ2n) is 9.28. The van der Waals surface area contributed by atoms with Crippen LogP contribution in [0.4, 0.5) is 34.1 Å². The Morgan fingerprint density at radius 2 is 0.923 bits per heavy atom. The van der Waals surface area contributed by atoms with Gasteiger partial charge in [0, 0.05) is 0 Å². The monoisotopic (exact) mass is 852 g/mol. The molecule has 0 bridgehead atoms. The minimum absolute atomic E-state index is 0.115. The van der Waals surface area contributed by atoms with Gasteiger partial charge in [-0.3, -0.25) is 17.5 Å². The Morgan fingerprint density at radius 1 is 0.558 bits per heavy atom. The van der Waals surface area contributed by atoms with Gasteiger partial charge in [0.25, 0.3) is 20.2 Å². The summed E-state index contributed by atoms with van der Waals surface area (Å²) >= 11 is 0.230. The molecule has 0 heterocycles. The summed E-state index contributed by atoms with van der Waals surface area (Å²) in [5.74, 6) is -1.38. The van der Waals surface area contributed by atoms with Crippen molar-refractivity contribution in [2.75, 3.05) is 36.2 Å². The Balaban J connectivity index is 1.93. The molecule has 8 N–H and O–H groups in total. The summed E-state index contributed by atoms with van der Waals surface area (Å²) < 4.78 is 136. The van der Waals surface area contributed by atoms with Gasteiger partial charge in [0.15, 0.2) is 44.3 Å². The van der Waals surface area contributed by atoms with Crippen LogP contribution in [0.1, 0.15) is 0 Å². The molecule has 52 heavy (non-hydrogen) atoms. The van der Waals surface area contributed by atoms with Gasteiger partial charge in [-0.2, -0.15) is 16.8 Å². The van der Waals surface area contributed by atoms with Crippen LogP contribution in [0.3, 0.4) is 0 Å². The second-order valence-corrected chi connectivity index (χ2v) is 17.3. The molecule has 0 aromatic heterocycles. The van der Waals surface area contributed by atoms with Gasteiger partial charge in [0.2, 0.25) is 0 Å². The van der Waals surface area contributed by atoms with E-state index in [0.29, 0.717) is 12.1 Å². The minimum Gasteiger partial charge on any atom is -0.397 e. The van der Waals surface area contributed by atoms with E-state index in [2.05, 4.69) is 47.6 Å². The number of sulfone groups is 2. The molecule has 0 unspecified atom stereocenters. The van der Waals surface area contributed by atoms with Crippen molar-refractivity contribution < 1.29 is 80.4 Å². The van der Waals surface area contributed by atoms with E-state index in [4.69, 9.17) is 22.0 Å². The van der Waals surface area contributed by atoms with Crippen LogP contribution in [0.5, 0.6) is 0 Å². The molecule has 286 valence electrons. The number of benzene rings is 3. The quantitative estimate of drug-likeness (QED) is 0.0179. The Labute approximate surface area is 302 Å². The lowest BCUT2D eigenvalue weighted by Crippen LogP contribution is -2.12. The van der Waals surface area contributed by atoms with Crippen molar-refractivity contribution in [2.45, 2.75) is 19.6 Å². The summed E-state index contributed by atoms with van der Waals surface area (Å²) in [6.45, 7) is -0.982. The number of nitrogens with zero attached hydrogens (tertiary/aromatic N) is 4. The average Bonchev–Trinajstić information content (AvgIpc) is 3.06. The highest BCUT2D eigenvalue weighted by Gasteiger charge is 2.24. The van der Waals surface area contributed by atoms with Gasteiger partial charge >= 0.3 is 0 Å². The molecular weight excluding hydrogens is 829 g/mol. The fourth-order valence-electron chi connectivity index (χ4n) is 3.61. The van der Waals surface area contributed by atoms with Gasteiger partial charge in [-0.05, 0) is 48.5 Å². The highest BCUT2D eigenvalue weighted by Crippen LogP contribution is 2.37. The van der Waals surface area contributed by atoms with Crippen molar-refractivity contribution in [1.82, 2.24) is 0 Å². The maximum Gasteiger partial charge on any atom is 0.296 e. The van der Waals surface area contributed by atoms with Gasteiger partial charge in [0.1, 0.15) is 32.5 Å². The largest absolute Gasteiger partial charge is 0.397 e. The van der Waals surface area contributed by atoms with Crippen molar-refractivity contribution >= 4 is 98.7 Å². The van der Waals surface area contributed by atoms with Crippen LogP contribution < -0.4 is 11.5 Å². The first-order chi connectivity index (χ1) is 24.3. The summed E-state index contributed by atoms with van der Waals surface area (Å²) in [4.78, 5) is -3.02. The zero-order valence-electron chi connectivity index (χ0n) is 25.3. The van der Waals surface area contributed by atoms with E-state index in [-0.39, 0.29) is 47.4 Å². The molecule has 0 radical (unpaired) electrons. The van der Waals surface area contributed by atoms with Crippen LogP contribution in [0, 0.1) is 0 Å². The van der Waals surface area contributed by atoms with Crippen molar-refractivity contribution in [2.24, 2.45) is 20.5 Å². The lowest BCUT2D eigenvalue weighted by molar-refractivity contribution is -0.434. The summed E-state index contributed by atoms with van der Waals surface area (Å²) in [5, 5.41) is 37.7. The molecule has 3 aromatic carbocycles. The van der Waals surface area contributed by atoms with E-state index in [1.807, 2.05) is 0 Å². The highest BCUT2D eigenvalue weighted by atomic mass is 32.2. The Morgan fingerprint density at radius 3 is 1.27 bits per heavy atom. The molecule has 0 aliphatic rings. The van der Waals surface area contributed by atoms with Crippen LogP contribution in [-0.2, 0) is 67.0 Å². The van der Waals surface area contributed by atoms with Gasteiger partial charge in [0.05, 0.1) is 45.9 Å². The third kappa shape index (κ3) is 12.3. The summed E-state index contributed by atoms with van der Waals surface area (Å²) in [6.07, 6.45) is 0. The van der Waals surface area contributed by atoms with Gasteiger partial charge in [-0.15, -0.1) is 29.1 Å². The van der Waals surface area contributed by atoms with Crippen LogP contribution in [-0.4, -0.2) is 78.0 Å². The molecule has 0 saturated heterocycles. The maximum absolute atomic E-state index is 12.6. The second kappa shape index (κ2) is 18.5. The third-order valence-corrected chi connectivity index (χ3v) is 11.8. The van der Waals surface area contributed by atoms with Crippen LogP contribution in [0.15, 0.2) is 88.6 Å². The average molecular weight is 853 g/mol. The number of hydrogen-bond acceptors (Lipinski definition) is 24. The van der Waals surface area contributed by atoms with Gasteiger partial charge in [-0.1, -0.05) is 10.1 Å². The SMILES string of the molecule is Nc1cc(N)c(/N=N/c2ccc(S(=O)(=O)CCOSOOO)cc2S(=O)(=O)O)cc1/N=N/c1ccc(S(=O)(=O)CCOSOOO)cc1S(=O)(=O)O. The lowest BCUT2D eigenvalue weighted by Gasteiger charge is -2.09. The van der Waals surface area contributed by atoms with Crippen molar-refractivity contribution in [1.29, 1.82) is 0 Å². The Bertz CT molecular complexity index is 2100. The fourth-order valence-corrected chi connectivity index (χ4v) is 7.92. The number of azo groups is 2. The van der Waals surface area contributed by atoms with E-state index >= 15 is 0 Å². The summed E-state index contributed by atoms with van der Waals surface area (Å²) in [7, 11) is -18.6. The predicted octanol–water partition coefficient (Wildman–Crippen LogP) is 3.72. The molecule has 3 aromatic rings. The van der Waals surface area contributed by atoms with E-state index < -0.39 is 95.6 Å². The van der Waals surface area contributed by atoms with Crippen LogP contribution in [0.25, 0.3) is 0 Å². The van der Waals surface area contributed by atoms with E-state index in [0.717, 1.165) is 36.4 Å². The zero-order chi connectivity index (χ0) is 38.7. The standard InChI is InChI=1S/C22H24N6O18S6/c23-15-11-16(24)20(28-26-18-4-2-14(10-22(18)52(38,39)40)50(33,34)8-6-42-48-46-44-30)12-19(15)27-25-17-3-1-13(9-21(17)51(35,36)37)49(31,32)7-5-41-47-45-43-29/h1-4,9-12,29-30H,5-8,23-24H2,(H,35,36,37)(H,38,39,40)/b27-25+,28-26+. The van der Waals surface area contributed by atoms with Gasteiger partial charge in [-0.25, -0.2) is 27.4 Å². The summed E-state index contributed by atoms with van der Waals surface area (Å²) in [6, 6.07) is 7.19. The molecule has 30 heteroatoms. The van der Waals surface area contributed by atoms with Crippen molar-refractivity contribution in [3.63, 3.8) is 0 Å². The minimum atomic E-state index is -5.09. The molecule has 0 aliphatic heterocycles. The molecule has 0 spiro atoms. The zero-order valence-corrected chi connectivity index (χ0v) is 30.2. The molecule has 0 atom stereocenters. The molecule has 0 saturated carbocycles. The van der Waals surface area contributed by atoms with Gasteiger partial charge < -0.3 is 11.5 Å². The summed E-state index contributed by atoms with van der Waals surface area (Å²) in [5.41, 5.74) is 10.1. The third-order valence-electron chi connectivity index (χ3n) is 5.93. The molecule has 0 amide bonds. The van der Waals surface area contributed by atoms with E-state index in [1.54, 1.807) is 0 Å². The smallest absolute Gasteiger partial charge is 0.296 e. The fraction of sp³-hybridized carbons (Fsp3) is 0.182. The van der Waals surface area contributed by atoms with Crippen molar-refractivity contribution in [3.05, 3.63) is 48.5 Å². The molecule has 0 fully saturated rings. The topological polar surface area (TPSA) is 374 Å².